The van der Waals surface area contributed by atoms with Crippen LogP contribution in [0.2, 0.25) is 4.34 Å². The normalized spacial score (nSPS) is 12.5. The summed E-state index contributed by atoms with van der Waals surface area (Å²) in [5.41, 5.74) is 0.731. The lowest BCUT2D eigenvalue weighted by molar-refractivity contribution is -0.116. The number of halogens is 1. The largest absolute Gasteiger partial charge is 0.298 e. The van der Waals surface area contributed by atoms with Crippen LogP contribution in [0.1, 0.15) is 11.4 Å². The molecule has 4 rings (SSSR count). The summed E-state index contributed by atoms with van der Waals surface area (Å²) in [6.45, 7) is 1.64. The van der Waals surface area contributed by atoms with Gasteiger partial charge in [0.25, 0.3) is 16.8 Å². The molecule has 0 fully saturated rings. The Hall–Kier alpha value is -2.97. The molecule has 3 heterocycles. The fourth-order valence-electron chi connectivity index (χ4n) is 3.41. The van der Waals surface area contributed by atoms with Crippen LogP contribution in [0, 0.1) is 6.92 Å². The number of aromatic nitrogens is 3. The number of benzene rings is 1. The zero-order valence-electron chi connectivity index (χ0n) is 18.0. The molecule has 0 amide bonds. The maximum absolute atomic E-state index is 13.1. The first-order valence-electron chi connectivity index (χ1n) is 9.89. The molecule has 1 atom stereocenters. The Kier molecular flexibility index (Phi) is 7.15. The predicted octanol–water partition coefficient (Wildman–Crippen LogP) is 2.94. The van der Waals surface area contributed by atoms with Crippen molar-refractivity contribution in [2.24, 2.45) is 0 Å². The molecule has 0 saturated carbocycles. The van der Waals surface area contributed by atoms with Gasteiger partial charge in [-0.1, -0.05) is 17.7 Å². The molecule has 0 saturated heterocycles. The fraction of sp³-hybridized carbons (Fsp3) is 0.143. The second-order valence-corrected chi connectivity index (χ2v) is 12.1. The van der Waals surface area contributed by atoms with Gasteiger partial charge in [0, 0.05) is 18.3 Å². The van der Waals surface area contributed by atoms with Crippen molar-refractivity contribution in [2.75, 3.05) is 10.5 Å². The third-order valence-corrected chi connectivity index (χ3v) is 8.79. The number of rotatable bonds is 8. The van der Waals surface area contributed by atoms with Crippen LogP contribution >= 0.6 is 22.9 Å². The van der Waals surface area contributed by atoms with E-state index in [-0.39, 0.29) is 27.5 Å². The average Bonchev–Trinajstić information content (AvgIpc) is 3.22. The Morgan fingerprint density at radius 1 is 1.23 bits per heavy atom. The first-order valence-corrected chi connectivity index (χ1v) is 13.8. The van der Waals surface area contributed by atoms with E-state index in [1.165, 1.54) is 41.1 Å². The number of ketones is 1. The minimum atomic E-state index is -3.78. The molecule has 4 aromatic rings. The number of anilines is 1. The highest BCUT2D eigenvalue weighted by atomic mass is 35.5. The Balaban J connectivity index is 1.57. The lowest BCUT2D eigenvalue weighted by Gasteiger charge is -2.11. The smallest absolute Gasteiger partial charge is 0.267 e. The van der Waals surface area contributed by atoms with Gasteiger partial charge in [-0.05, 0) is 48.9 Å². The number of fused-ring (bicyclic) bond motifs is 1. The number of thiophene rings is 1. The van der Waals surface area contributed by atoms with Gasteiger partial charge in [0.1, 0.15) is 21.6 Å². The van der Waals surface area contributed by atoms with Gasteiger partial charge in [-0.15, -0.1) is 11.3 Å². The molecule has 0 bridgehead atoms. The molecular weight excluding hydrogens is 536 g/mol. The highest BCUT2D eigenvalue weighted by molar-refractivity contribution is 7.94. The first-order chi connectivity index (χ1) is 16.5. The van der Waals surface area contributed by atoms with E-state index in [1.54, 1.807) is 19.1 Å². The monoisotopic (exact) mass is 552 g/mol. The van der Waals surface area contributed by atoms with E-state index in [0.717, 1.165) is 11.3 Å². The van der Waals surface area contributed by atoms with Crippen LogP contribution in [0.3, 0.4) is 0 Å². The molecule has 0 radical (unpaired) electrons. The maximum Gasteiger partial charge on any atom is 0.267 e. The number of hydrogen-bond acceptors (Lipinski definition) is 8. The molecule has 2 N–H and O–H groups in total. The van der Waals surface area contributed by atoms with Crippen molar-refractivity contribution in [1.82, 2.24) is 14.5 Å². The van der Waals surface area contributed by atoms with Gasteiger partial charge in [0.2, 0.25) is 0 Å². The summed E-state index contributed by atoms with van der Waals surface area (Å²) in [4.78, 5) is 34.2. The standard InChI is InChI=1S/C21H17ClN4O6S3/c1-12-24-17-4-3-14(25-34(29)30)9-16(17)21(28)26(12)19-6-2-13(10-23-19)8-15(27)11-35(31,32)20-7-5-18(22)33-20/h2-7,9-10,25H,8,11H2,1H3,(H,29,30). The van der Waals surface area contributed by atoms with Crippen LogP contribution in [0.4, 0.5) is 5.69 Å². The maximum atomic E-state index is 13.1. The minimum absolute atomic E-state index is 0.0339. The second kappa shape index (κ2) is 9.95. The highest BCUT2D eigenvalue weighted by Gasteiger charge is 2.21. The number of aryl methyl sites for hydroxylation is 1. The summed E-state index contributed by atoms with van der Waals surface area (Å²) in [5, 5.41) is 0.214. The van der Waals surface area contributed by atoms with E-state index in [1.807, 2.05) is 0 Å². The fourth-order valence-corrected chi connectivity index (χ4v) is 6.55. The van der Waals surface area contributed by atoms with E-state index in [0.29, 0.717) is 21.2 Å². The highest BCUT2D eigenvalue weighted by Crippen LogP contribution is 2.26. The summed E-state index contributed by atoms with van der Waals surface area (Å²) >= 11 is 4.38. The Morgan fingerprint density at radius 3 is 2.63 bits per heavy atom. The number of sulfone groups is 1. The van der Waals surface area contributed by atoms with Gasteiger partial charge in [0.05, 0.1) is 15.2 Å². The van der Waals surface area contributed by atoms with E-state index < -0.39 is 38.2 Å². The zero-order chi connectivity index (χ0) is 25.3. The quantitative estimate of drug-likeness (QED) is 0.317. The Labute approximate surface area is 211 Å². The number of carbonyl (C=O) groups excluding carboxylic acids is 1. The molecule has 0 aliphatic rings. The number of carbonyl (C=O) groups is 1. The number of pyridine rings is 1. The lowest BCUT2D eigenvalue weighted by atomic mass is 10.1. The van der Waals surface area contributed by atoms with E-state index in [4.69, 9.17) is 16.2 Å². The van der Waals surface area contributed by atoms with Crippen LogP contribution < -0.4 is 10.3 Å². The summed E-state index contributed by atoms with van der Waals surface area (Å²) in [6, 6.07) is 10.5. The molecule has 14 heteroatoms. The Bertz CT molecular complexity index is 1630. The van der Waals surface area contributed by atoms with Crippen molar-refractivity contribution in [2.45, 2.75) is 17.6 Å². The summed E-state index contributed by atoms with van der Waals surface area (Å²) in [7, 11) is -3.78. The van der Waals surface area contributed by atoms with E-state index in [9.17, 15) is 22.2 Å². The molecule has 182 valence electrons. The first kappa shape index (κ1) is 25.1. The van der Waals surface area contributed by atoms with Crippen LogP contribution in [0.25, 0.3) is 16.7 Å². The third kappa shape index (κ3) is 5.65. The van der Waals surface area contributed by atoms with Gasteiger partial charge < -0.3 is 0 Å². The lowest BCUT2D eigenvalue weighted by Crippen LogP contribution is -2.23. The van der Waals surface area contributed by atoms with Crippen molar-refractivity contribution in [1.29, 1.82) is 0 Å². The average molecular weight is 553 g/mol. The predicted molar refractivity (Wildman–Crippen MR) is 134 cm³/mol. The summed E-state index contributed by atoms with van der Waals surface area (Å²) in [5.74, 6) is -0.548. The summed E-state index contributed by atoms with van der Waals surface area (Å²) in [6.07, 6.45) is 1.24. The SMILES string of the molecule is Cc1nc2ccc(NS(=O)O)cc2c(=O)n1-c1ccc(CC(=O)CS(=O)(=O)c2ccc(Cl)s2)cn1. The van der Waals surface area contributed by atoms with Gasteiger partial charge >= 0.3 is 0 Å². The molecule has 0 spiro atoms. The van der Waals surface area contributed by atoms with Crippen LogP contribution in [0.15, 0.2) is 57.7 Å². The molecule has 1 aromatic carbocycles. The van der Waals surface area contributed by atoms with Crippen LogP contribution in [0.5, 0.6) is 0 Å². The molecular formula is C21H17ClN4O6S3. The van der Waals surface area contributed by atoms with Crippen molar-refractivity contribution >= 4 is 66.4 Å². The van der Waals surface area contributed by atoms with Gasteiger partial charge in [-0.2, -0.15) is 0 Å². The topological polar surface area (TPSA) is 148 Å². The molecule has 10 nitrogen and oxygen atoms in total. The van der Waals surface area contributed by atoms with Gasteiger partial charge in [-0.25, -0.2) is 27.2 Å². The van der Waals surface area contributed by atoms with E-state index >= 15 is 0 Å². The van der Waals surface area contributed by atoms with Crippen molar-refractivity contribution in [3.05, 3.63) is 74.7 Å². The molecule has 3 aromatic heterocycles. The van der Waals surface area contributed by atoms with Crippen molar-refractivity contribution < 1.29 is 22.0 Å². The van der Waals surface area contributed by atoms with Crippen molar-refractivity contribution in [3.8, 4) is 5.82 Å². The molecule has 35 heavy (non-hydrogen) atoms. The second-order valence-electron chi connectivity index (χ2n) is 7.44. The zero-order valence-corrected chi connectivity index (χ0v) is 21.2. The number of Topliss-reactive ketones (excluding diaryl/α,β-unsaturated/α-hetero) is 1. The van der Waals surface area contributed by atoms with E-state index in [2.05, 4.69) is 14.7 Å². The van der Waals surface area contributed by atoms with Crippen molar-refractivity contribution in [3.63, 3.8) is 0 Å². The van der Waals surface area contributed by atoms with Crippen LogP contribution in [-0.2, 0) is 32.3 Å². The molecule has 0 aliphatic heterocycles. The molecule has 0 aliphatic carbocycles. The number of nitrogens with one attached hydrogen (secondary N) is 1. The van der Waals surface area contributed by atoms with Gasteiger partial charge in [0.15, 0.2) is 15.6 Å². The minimum Gasteiger partial charge on any atom is -0.298 e. The Morgan fingerprint density at radius 2 is 2.00 bits per heavy atom. The van der Waals surface area contributed by atoms with Gasteiger partial charge in [-0.3, -0.25) is 18.9 Å². The summed E-state index contributed by atoms with van der Waals surface area (Å²) < 4.78 is 48.8. The third-order valence-electron chi connectivity index (χ3n) is 4.89. The number of hydrogen-bond donors (Lipinski definition) is 2. The molecule has 1 unspecified atom stereocenters. The van der Waals surface area contributed by atoms with Crippen LogP contribution in [-0.4, -0.2) is 43.3 Å². The number of nitrogens with zero attached hydrogens (tertiary/aromatic N) is 3.